The first kappa shape index (κ1) is 12.2. The highest BCUT2D eigenvalue weighted by molar-refractivity contribution is 9.11. The molecule has 0 amide bonds. The summed E-state index contributed by atoms with van der Waals surface area (Å²) >= 11 is 7.01. The Bertz CT molecular complexity index is 538. The van der Waals surface area contributed by atoms with E-state index in [1.165, 1.54) is 12.8 Å². The minimum absolute atomic E-state index is 0.583. The Balaban J connectivity index is 1.89. The summed E-state index contributed by atoms with van der Waals surface area (Å²) in [5.41, 5.74) is 0. The van der Waals surface area contributed by atoms with Gasteiger partial charge < -0.3 is 9.32 Å². The molecule has 0 N–H and O–H groups in total. The molecule has 0 saturated heterocycles. The summed E-state index contributed by atoms with van der Waals surface area (Å²) in [7, 11) is 0. The van der Waals surface area contributed by atoms with Crippen molar-refractivity contribution in [3.63, 3.8) is 0 Å². The standard InChI is InChI=1S/C13H12Br2N2O/c14-9-6-12(15)13(16-7-9)17(10-3-4-10)8-11-2-1-5-18-11/h1-2,5-7,10H,3-4,8H2. The monoisotopic (exact) mass is 370 g/mol. The highest BCUT2D eigenvalue weighted by Gasteiger charge is 2.31. The lowest BCUT2D eigenvalue weighted by molar-refractivity contribution is 0.500. The highest BCUT2D eigenvalue weighted by atomic mass is 79.9. The number of pyridine rings is 1. The van der Waals surface area contributed by atoms with Gasteiger partial charge in [-0.25, -0.2) is 4.98 Å². The Morgan fingerprint density at radius 2 is 2.22 bits per heavy atom. The quantitative estimate of drug-likeness (QED) is 0.799. The fourth-order valence-electron chi connectivity index (χ4n) is 1.95. The van der Waals surface area contributed by atoms with Crippen molar-refractivity contribution in [3.8, 4) is 0 Å². The molecule has 2 heterocycles. The van der Waals surface area contributed by atoms with Crippen LogP contribution in [0.1, 0.15) is 18.6 Å². The molecular weight excluding hydrogens is 360 g/mol. The molecule has 3 rings (SSSR count). The summed E-state index contributed by atoms with van der Waals surface area (Å²) in [6.07, 6.45) is 6.00. The topological polar surface area (TPSA) is 29.3 Å². The molecule has 1 saturated carbocycles. The van der Waals surface area contributed by atoms with E-state index < -0.39 is 0 Å². The van der Waals surface area contributed by atoms with Gasteiger partial charge in [0.05, 0.1) is 17.3 Å². The number of anilines is 1. The van der Waals surface area contributed by atoms with Gasteiger partial charge in [-0.1, -0.05) is 0 Å². The van der Waals surface area contributed by atoms with Crippen molar-refractivity contribution in [1.29, 1.82) is 0 Å². The second kappa shape index (κ2) is 5.05. The number of halogens is 2. The van der Waals surface area contributed by atoms with E-state index in [2.05, 4.69) is 41.7 Å². The Labute approximate surface area is 122 Å². The predicted octanol–water partition coefficient (Wildman–Crippen LogP) is 4.37. The van der Waals surface area contributed by atoms with Gasteiger partial charge in [0.1, 0.15) is 11.6 Å². The van der Waals surface area contributed by atoms with E-state index in [1.807, 2.05) is 24.4 Å². The molecule has 0 aliphatic heterocycles. The van der Waals surface area contributed by atoms with E-state index in [0.717, 1.165) is 27.1 Å². The number of rotatable bonds is 4. The maximum Gasteiger partial charge on any atom is 0.143 e. The molecule has 2 aromatic rings. The second-order valence-corrected chi connectivity index (χ2v) is 6.17. The van der Waals surface area contributed by atoms with Crippen LogP contribution in [0, 0.1) is 0 Å². The molecule has 3 nitrogen and oxygen atoms in total. The van der Waals surface area contributed by atoms with Gasteiger partial charge in [-0.2, -0.15) is 0 Å². The molecule has 94 valence electrons. The summed E-state index contributed by atoms with van der Waals surface area (Å²) in [5, 5.41) is 0. The van der Waals surface area contributed by atoms with E-state index >= 15 is 0 Å². The predicted molar refractivity (Wildman–Crippen MR) is 77.6 cm³/mol. The molecule has 0 bridgehead atoms. The summed E-state index contributed by atoms with van der Waals surface area (Å²) in [6, 6.07) is 6.53. The van der Waals surface area contributed by atoms with Crippen molar-refractivity contribution in [2.75, 3.05) is 4.90 Å². The van der Waals surface area contributed by atoms with Crippen LogP contribution in [0.25, 0.3) is 0 Å². The van der Waals surface area contributed by atoms with Crippen LogP contribution in [0.2, 0.25) is 0 Å². The normalized spacial score (nSPS) is 14.8. The first-order valence-electron chi connectivity index (χ1n) is 5.84. The van der Waals surface area contributed by atoms with Gasteiger partial charge in [0.15, 0.2) is 0 Å². The molecule has 0 unspecified atom stereocenters. The molecule has 5 heteroatoms. The van der Waals surface area contributed by atoms with Crippen molar-refractivity contribution in [3.05, 3.63) is 45.4 Å². The number of aromatic nitrogens is 1. The van der Waals surface area contributed by atoms with Gasteiger partial charge in [-0.05, 0) is 62.9 Å². The van der Waals surface area contributed by atoms with Crippen molar-refractivity contribution < 1.29 is 4.42 Å². The number of furan rings is 1. The van der Waals surface area contributed by atoms with Gasteiger partial charge in [0.25, 0.3) is 0 Å². The third kappa shape index (κ3) is 2.62. The average molecular weight is 372 g/mol. The van der Waals surface area contributed by atoms with Gasteiger partial charge in [-0.15, -0.1) is 0 Å². The van der Waals surface area contributed by atoms with Gasteiger partial charge in [0.2, 0.25) is 0 Å². The molecule has 1 aliphatic rings. The summed E-state index contributed by atoms with van der Waals surface area (Å²) < 4.78 is 7.42. The van der Waals surface area contributed by atoms with Crippen LogP contribution in [-0.2, 0) is 6.54 Å². The zero-order chi connectivity index (χ0) is 12.5. The molecule has 0 aromatic carbocycles. The van der Waals surface area contributed by atoms with Crippen molar-refractivity contribution in [2.24, 2.45) is 0 Å². The Hall–Kier alpha value is -0.810. The maximum atomic E-state index is 5.43. The lowest BCUT2D eigenvalue weighted by atomic mass is 10.3. The van der Waals surface area contributed by atoms with Crippen molar-refractivity contribution >= 4 is 37.7 Å². The third-order valence-electron chi connectivity index (χ3n) is 2.95. The van der Waals surface area contributed by atoms with Crippen LogP contribution in [0.3, 0.4) is 0 Å². The van der Waals surface area contributed by atoms with E-state index in [1.54, 1.807) is 6.26 Å². The smallest absolute Gasteiger partial charge is 0.143 e. The van der Waals surface area contributed by atoms with E-state index in [4.69, 9.17) is 4.42 Å². The van der Waals surface area contributed by atoms with Crippen LogP contribution in [0.5, 0.6) is 0 Å². The lowest BCUT2D eigenvalue weighted by Gasteiger charge is -2.23. The van der Waals surface area contributed by atoms with Crippen LogP contribution in [0.15, 0.2) is 44.0 Å². The fraction of sp³-hybridized carbons (Fsp3) is 0.308. The van der Waals surface area contributed by atoms with Crippen LogP contribution in [-0.4, -0.2) is 11.0 Å². The molecule has 0 spiro atoms. The number of hydrogen-bond donors (Lipinski definition) is 0. The minimum atomic E-state index is 0.583. The van der Waals surface area contributed by atoms with E-state index in [9.17, 15) is 0 Å². The maximum absolute atomic E-state index is 5.43. The Morgan fingerprint density at radius 1 is 1.39 bits per heavy atom. The summed E-state index contributed by atoms with van der Waals surface area (Å²) in [5.74, 6) is 1.95. The molecule has 1 fully saturated rings. The Kier molecular flexibility index (Phi) is 3.43. The molecule has 0 radical (unpaired) electrons. The zero-order valence-electron chi connectivity index (χ0n) is 9.64. The van der Waals surface area contributed by atoms with Gasteiger partial charge >= 0.3 is 0 Å². The van der Waals surface area contributed by atoms with Crippen molar-refractivity contribution in [1.82, 2.24) is 4.98 Å². The number of hydrogen-bond acceptors (Lipinski definition) is 3. The van der Waals surface area contributed by atoms with Gasteiger partial charge in [-0.3, -0.25) is 0 Å². The molecular formula is C13H12Br2N2O. The van der Waals surface area contributed by atoms with E-state index in [-0.39, 0.29) is 0 Å². The third-order valence-corrected chi connectivity index (χ3v) is 3.97. The number of nitrogens with zero attached hydrogens (tertiary/aromatic N) is 2. The lowest BCUT2D eigenvalue weighted by Crippen LogP contribution is -2.26. The SMILES string of the molecule is Brc1cnc(N(Cc2ccco2)C2CC2)c(Br)c1. The van der Waals surface area contributed by atoms with Crippen LogP contribution in [0.4, 0.5) is 5.82 Å². The molecule has 1 aliphatic carbocycles. The largest absolute Gasteiger partial charge is 0.467 e. The average Bonchev–Trinajstić information content (AvgIpc) is 3.05. The summed E-state index contributed by atoms with van der Waals surface area (Å²) in [4.78, 5) is 6.81. The van der Waals surface area contributed by atoms with E-state index in [0.29, 0.717) is 6.04 Å². The molecule has 18 heavy (non-hydrogen) atoms. The van der Waals surface area contributed by atoms with Gasteiger partial charge in [0, 0.05) is 16.7 Å². The molecule has 0 atom stereocenters. The first-order chi connectivity index (χ1) is 8.74. The first-order valence-corrected chi connectivity index (χ1v) is 7.43. The second-order valence-electron chi connectivity index (χ2n) is 4.40. The Morgan fingerprint density at radius 3 is 2.83 bits per heavy atom. The molecule has 2 aromatic heterocycles. The van der Waals surface area contributed by atoms with Crippen molar-refractivity contribution in [2.45, 2.75) is 25.4 Å². The van der Waals surface area contributed by atoms with Crippen LogP contribution < -0.4 is 4.90 Å². The summed E-state index contributed by atoms with van der Waals surface area (Å²) in [6.45, 7) is 0.769. The minimum Gasteiger partial charge on any atom is -0.467 e. The fourth-order valence-corrected chi connectivity index (χ4v) is 3.17. The highest BCUT2D eigenvalue weighted by Crippen LogP contribution is 2.36. The zero-order valence-corrected chi connectivity index (χ0v) is 12.8. The van der Waals surface area contributed by atoms with Crippen LogP contribution >= 0.6 is 31.9 Å².